The molecule has 0 radical (unpaired) electrons. The van der Waals surface area contributed by atoms with Gasteiger partial charge in [0.1, 0.15) is 5.75 Å². The highest BCUT2D eigenvalue weighted by Crippen LogP contribution is 2.28. The highest BCUT2D eigenvalue weighted by atomic mass is 35.5. The Kier molecular flexibility index (Phi) is 17.4. The Bertz CT molecular complexity index is 1520. The molecule has 0 aromatic heterocycles. The molecule has 270 valence electrons. The third-order valence-corrected chi connectivity index (χ3v) is 10.8. The van der Waals surface area contributed by atoms with Gasteiger partial charge < -0.3 is 10.1 Å². The van der Waals surface area contributed by atoms with Crippen LogP contribution in [-0.2, 0) is 29.4 Å². The van der Waals surface area contributed by atoms with Gasteiger partial charge in [-0.1, -0.05) is 123 Å². The Morgan fingerprint density at radius 2 is 1.27 bits per heavy atom. The van der Waals surface area contributed by atoms with E-state index in [0.29, 0.717) is 6.42 Å². The van der Waals surface area contributed by atoms with E-state index in [4.69, 9.17) is 16.3 Å². The quantitative estimate of drug-likeness (QED) is 0.0862. The molecule has 12 heteroatoms. The van der Waals surface area contributed by atoms with Gasteiger partial charge in [0.2, 0.25) is 16.1 Å². The average Bonchev–Trinajstić information content (AvgIpc) is 3.00. The first-order valence-electron chi connectivity index (χ1n) is 17.2. The van der Waals surface area contributed by atoms with E-state index in [1.807, 2.05) is 0 Å². The van der Waals surface area contributed by atoms with Gasteiger partial charge in [0.05, 0.1) is 27.0 Å². The van der Waals surface area contributed by atoms with Crippen molar-refractivity contribution in [3.05, 3.63) is 47.5 Å². The molecule has 9 nitrogen and oxygen atoms in total. The first kappa shape index (κ1) is 41.5. The number of hydrogen-bond donors (Lipinski definition) is 2. The van der Waals surface area contributed by atoms with E-state index in [1.54, 1.807) is 20.8 Å². The van der Waals surface area contributed by atoms with Gasteiger partial charge in [-0.15, -0.1) is 0 Å². The molecule has 0 spiro atoms. The Balaban J connectivity index is 1.90. The fourth-order valence-electron chi connectivity index (χ4n) is 5.12. The van der Waals surface area contributed by atoms with E-state index in [0.717, 1.165) is 25.5 Å². The summed E-state index contributed by atoms with van der Waals surface area (Å²) in [5.74, 6) is -1.24. The van der Waals surface area contributed by atoms with Gasteiger partial charge in [-0.3, -0.25) is 14.3 Å². The lowest BCUT2D eigenvalue weighted by atomic mass is 9.87. The average molecular weight is 727 g/mol. The van der Waals surface area contributed by atoms with Gasteiger partial charge in [-0.05, 0) is 48.9 Å². The molecule has 0 fully saturated rings. The summed E-state index contributed by atoms with van der Waals surface area (Å²) < 4.78 is 57.5. The third-order valence-electron chi connectivity index (χ3n) is 7.99. The second-order valence-electron chi connectivity index (χ2n) is 13.6. The molecule has 0 aliphatic rings. The zero-order valence-corrected chi connectivity index (χ0v) is 31.7. The monoisotopic (exact) mass is 726 g/mol. The lowest BCUT2D eigenvalue weighted by Gasteiger charge is -2.25. The van der Waals surface area contributed by atoms with Crippen molar-refractivity contribution in [2.45, 2.75) is 129 Å². The van der Waals surface area contributed by atoms with E-state index in [-0.39, 0.29) is 32.8 Å². The molecule has 1 amide bonds. The maximum absolute atomic E-state index is 13.4. The fourth-order valence-corrected chi connectivity index (χ4v) is 7.09. The second kappa shape index (κ2) is 20.1. The van der Waals surface area contributed by atoms with Crippen molar-refractivity contribution in [2.75, 3.05) is 22.0 Å². The number of halogens is 1. The molecule has 0 heterocycles. The summed E-state index contributed by atoms with van der Waals surface area (Å²) in [5.41, 5.74) is -0.638. The van der Waals surface area contributed by atoms with Gasteiger partial charge in [0.25, 0.3) is 5.91 Å². The Morgan fingerprint density at radius 3 is 1.75 bits per heavy atom. The van der Waals surface area contributed by atoms with E-state index < -0.39 is 43.1 Å². The van der Waals surface area contributed by atoms with Gasteiger partial charge in [0, 0.05) is 11.7 Å². The lowest BCUT2D eigenvalue weighted by molar-refractivity contribution is -0.140. The summed E-state index contributed by atoms with van der Waals surface area (Å²) in [6, 6.07) is 9.73. The molecule has 2 aromatic rings. The smallest absolute Gasteiger partial charge is 0.273 e. The third kappa shape index (κ3) is 15.7. The number of amides is 1. The molecule has 48 heavy (non-hydrogen) atoms. The van der Waals surface area contributed by atoms with Gasteiger partial charge in [0.15, 0.2) is 15.6 Å². The summed E-state index contributed by atoms with van der Waals surface area (Å²) >= 11 is 6.33. The van der Waals surface area contributed by atoms with Crippen LogP contribution in [0, 0.1) is 5.41 Å². The summed E-state index contributed by atoms with van der Waals surface area (Å²) in [6.07, 6.45) is 16.0. The van der Waals surface area contributed by atoms with Crippen LogP contribution in [0.1, 0.15) is 118 Å². The molecular formula is C36H55ClN2O7S2. The first-order chi connectivity index (χ1) is 22.5. The molecule has 2 N–H and O–H groups in total. The zero-order chi connectivity index (χ0) is 35.8. The second-order valence-corrected chi connectivity index (χ2v) is 17.8. The predicted molar refractivity (Wildman–Crippen MR) is 196 cm³/mol. The number of benzene rings is 2. The highest BCUT2D eigenvalue weighted by Gasteiger charge is 2.37. The summed E-state index contributed by atoms with van der Waals surface area (Å²) in [5, 5.41) is 2.73. The van der Waals surface area contributed by atoms with Crippen molar-refractivity contribution in [3.63, 3.8) is 0 Å². The number of carbonyl (C=O) groups is 2. The van der Waals surface area contributed by atoms with E-state index in [1.165, 1.54) is 107 Å². The highest BCUT2D eigenvalue weighted by molar-refractivity contribution is 7.92. The molecule has 1 atom stereocenters. The number of rotatable bonds is 23. The number of sulfone groups is 1. The first-order valence-corrected chi connectivity index (χ1v) is 21.1. The summed E-state index contributed by atoms with van der Waals surface area (Å²) in [7, 11) is -7.09. The Labute approximate surface area is 293 Å². The number of sulfonamides is 1. The van der Waals surface area contributed by atoms with Crippen LogP contribution in [0.5, 0.6) is 5.75 Å². The SMILES string of the molecule is CCCCCCCCCCCCCCCCS(=O)(=O)Nc1ccc(Cl)c(NC(=O)C(Oc2ccc(S(C)(=O)=O)cc2)C(=O)C(C)(C)C)c1. The van der Waals surface area contributed by atoms with Crippen LogP contribution in [0.2, 0.25) is 5.02 Å². The van der Waals surface area contributed by atoms with Crippen molar-refractivity contribution in [3.8, 4) is 5.75 Å². The van der Waals surface area contributed by atoms with Crippen molar-refractivity contribution >= 4 is 54.5 Å². The molecule has 0 saturated carbocycles. The Morgan fingerprint density at radius 1 is 0.771 bits per heavy atom. The molecule has 0 aliphatic heterocycles. The minimum Gasteiger partial charge on any atom is -0.473 e. The summed E-state index contributed by atoms with van der Waals surface area (Å²) in [6.45, 7) is 7.17. The minimum atomic E-state index is -3.64. The number of hydrogen-bond acceptors (Lipinski definition) is 7. The van der Waals surface area contributed by atoms with Crippen LogP contribution in [-0.4, -0.2) is 46.6 Å². The Hall–Kier alpha value is -2.63. The molecule has 0 bridgehead atoms. The van der Waals surface area contributed by atoms with Crippen molar-refractivity contribution in [2.24, 2.45) is 5.41 Å². The maximum Gasteiger partial charge on any atom is 0.273 e. The zero-order valence-electron chi connectivity index (χ0n) is 29.3. The number of unbranched alkanes of at least 4 members (excludes halogenated alkanes) is 13. The van der Waals surface area contributed by atoms with Gasteiger partial charge >= 0.3 is 0 Å². The van der Waals surface area contributed by atoms with Gasteiger partial charge in [-0.25, -0.2) is 16.8 Å². The van der Waals surface area contributed by atoms with Crippen LogP contribution < -0.4 is 14.8 Å². The standard InChI is InChI=1S/C36H55ClN2O7S2/c1-6-7-8-9-10-11-12-13-14-15-16-17-18-19-26-48(44,45)39-28-20-25-31(37)32(27-28)38-35(41)33(34(40)36(2,3)4)46-29-21-23-30(24-22-29)47(5,42)43/h20-25,27,33,39H,6-19,26H2,1-5H3,(H,38,41). The number of ether oxygens (including phenoxy) is 1. The fraction of sp³-hybridized carbons (Fsp3) is 0.611. The van der Waals surface area contributed by atoms with E-state index in [2.05, 4.69) is 17.0 Å². The van der Waals surface area contributed by atoms with Crippen LogP contribution in [0.25, 0.3) is 0 Å². The number of carbonyl (C=O) groups excluding carboxylic acids is 2. The molecule has 0 aliphatic carbocycles. The summed E-state index contributed by atoms with van der Waals surface area (Å²) in [4.78, 5) is 26.7. The van der Waals surface area contributed by atoms with Crippen LogP contribution in [0.15, 0.2) is 47.4 Å². The predicted octanol–water partition coefficient (Wildman–Crippen LogP) is 8.97. The minimum absolute atomic E-state index is 0.0243. The molecule has 1 unspecified atom stereocenters. The molecular weight excluding hydrogens is 672 g/mol. The molecule has 0 saturated heterocycles. The van der Waals surface area contributed by atoms with E-state index >= 15 is 0 Å². The largest absolute Gasteiger partial charge is 0.473 e. The number of Topliss-reactive ketones (excluding diaryl/α,β-unsaturated/α-hetero) is 1. The number of anilines is 2. The molecule has 2 rings (SSSR count). The van der Waals surface area contributed by atoms with Crippen LogP contribution >= 0.6 is 11.6 Å². The lowest BCUT2D eigenvalue weighted by Crippen LogP contribution is -2.45. The molecule has 2 aromatic carbocycles. The van der Waals surface area contributed by atoms with Crippen molar-refractivity contribution in [1.82, 2.24) is 0 Å². The normalized spacial score (nSPS) is 12.8. The van der Waals surface area contributed by atoms with Crippen LogP contribution in [0.3, 0.4) is 0 Å². The van der Waals surface area contributed by atoms with Crippen molar-refractivity contribution in [1.29, 1.82) is 0 Å². The maximum atomic E-state index is 13.4. The number of ketones is 1. The van der Waals surface area contributed by atoms with Crippen molar-refractivity contribution < 1.29 is 31.2 Å². The number of nitrogens with one attached hydrogen (secondary N) is 2. The van der Waals surface area contributed by atoms with E-state index in [9.17, 15) is 26.4 Å². The van der Waals surface area contributed by atoms with Crippen LogP contribution in [0.4, 0.5) is 11.4 Å². The van der Waals surface area contributed by atoms with Gasteiger partial charge in [-0.2, -0.15) is 0 Å². The topological polar surface area (TPSA) is 136 Å².